The molecule has 0 radical (unpaired) electrons. The van der Waals surface area contributed by atoms with Crippen molar-refractivity contribution in [2.75, 3.05) is 31.8 Å². The van der Waals surface area contributed by atoms with Crippen LogP contribution in [0.25, 0.3) is 0 Å². The smallest absolute Gasteiger partial charge is 0.309 e. The molecule has 1 amide bonds. The van der Waals surface area contributed by atoms with Crippen molar-refractivity contribution in [3.63, 3.8) is 0 Å². The molecule has 3 atom stereocenters. The molecule has 8 nitrogen and oxygen atoms in total. The lowest BCUT2D eigenvalue weighted by Crippen LogP contribution is -2.35. The summed E-state index contributed by atoms with van der Waals surface area (Å²) < 4.78 is 31.3. The summed E-state index contributed by atoms with van der Waals surface area (Å²) in [6.07, 6.45) is 3.09. The number of aryl methyl sites for hydroxylation is 2. The first-order valence-corrected chi connectivity index (χ1v) is 15.4. The molecule has 2 heterocycles. The number of halogens is 1. The molecular formula is C35H41FN2O6. The highest BCUT2D eigenvalue weighted by atomic mass is 19.1. The molecule has 2 N–H and O–H groups in total. The number of unbranched alkanes of at least 4 members (excludes halogenated alkanes) is 1. The maximum absolute atomic E-state index is 14.2. The summed E-state index contributed by atoms with van der Waals surface area (Å²) >= 11 is 0. The van der Waals surface area contributed by atoms with Crippen molar-refractivity contribution in [2.24, 2.45) is 5.92 Å². The Morgan fingerprint density at radius 2 is 1.75 bits per heavy atom. The molecule has 234 valence electrons. The monoisotopic (exact) mass is 604 g/mol. The Labute approximate surface area is 258 Å². The van der Waals surface area contributed by atoms with Crippen molar-refractivity contribution in [3.05, 3.63) is 82.2 Å². The fraction of sp³-hybridized carbons (Fsp3) is 0.429. The van der Waals surface area contributed by atoms with Crippen LogP contribution < -0.4 is 19.5 Å². The summed E-state index contributed by atoms with van der Waals surface area (Å²) in [5, 5.41) is 13.7. The second-order valence-corrected chi connectivity index (χ2v) is 11.5. The molecule has 1 fully saturated rings. The van der Waals surface area contributed by atoms with Crippen LogP contribution in [0.3, 0.4) is 0 Å². The van der Waals surface area contributed by atoms with Gasteiger partial charge in [0.2, 0.25) is 12.7 Å². The Morgan fingerprint density at radius 1 is 1.05 bits per heavy atom. The highest BCUT2D eigenvalue weighted by Gasteiger charge is 2.48. The Kier molecular flexibility index (Phi) is 9.74. The highest BCUT2D eigenvalue weighted by molar-refractivity contribution is 5.94. The first-order valence-electron chi connectivity index (χ1n) is 15.4. The normalized spacial score (nSPS) is 19.2. The van der Waals surface area contributed by atoms with Gasteiger partial charge in [-0.05, 0) is 84.3 Å². The number of amides is 1. The van der Waals surface area contributed by atoms with Crippen LogP contribution in [0.15, 0.2) is 48.5 Å². The van der Waals surface area contributed by atoms with Gasteiger partial charge >= 0.3 is 5.97 Å². The van der Waals surface area contributed by atoms with Crippen molar-refractivity contribution in [3.8, 4) is 17.2 Å². The Morgan fingerprint density at radius 3 is 2.39 bits per heavy atom. The standard InChI is InChI=1S/C35H41FN2O6/c1-5-8-15-42-26-11-9-24(10-12-26)33-31(35(40)41)28(27-13-14-29-34(21(27)4)44-20-43-29)18-38(33)19-30(39)37-32-22(6-2)16-25(36)17-23(32)7-3/h9-14,16-17,28,31,33H,5-8,15,18-20H2,1-4H3,(H,37,39)(H,40,41)/t28-,31?,33+/m1/s1. The molecule has 3 aromatic carbocycles. The predicted molar refractivity (Wildman–Crippen MR) is 166 cm³/mol. The van der Waals surface area contributed by atoms with Crippen LogP contribution in [0.5, 0.6) is 17.2 Å². The van der Waals surface area contributed by atoms with Crippen LogP contribution in [-0.4, -0.2) is 48.4 Å². The average Bonchev–Trinajstić information content (AvgIpc) is 3.64. The van der Waals surface area contributed by atoms with Gasteiger partial charge in [-0.3, -0.25) is 14.5 Å². The molecule has 0 aliphatic carbocycles. The molecule has 5 rings (SSSR count). The van der Waals surface area contributed by atoms with Gasteiger partial charge in [0.05, 0.1) is 19.1 Å². The van der Waals surface area contributed by atoms with E-state index in [9.17, 15) is 19.1 Å². The minimum atomic E-state index is -0.941. The van der Waals surface area contributed by atoms with Gasteiger partial charge in [-0.25, -0.2) is 4.39 Å². The van der Waals surface area contributed by atoms with E-state index in [-0.39, 0.29) is 25.1 Å². The van der Waals surface area contributed by atoms with Crippen molar-refractivity contribution in [1.29, 1.82) is 0 Å². The van der Waals surface area contributed by atoms with Crippen LogP contribution in [0.4, 0.5) is 10.1 Å². The van der Waals surface area contributed by atoms with Crippen molar-refractivity contribution < 1.29 is 33.3 Å². The minimum absolute atomic E-state index is 0.0347. The summed E-state index contributed by atoms with van der Waals surface area (Å²) in [7, 11) is 0. The van der Waals surface area contributed by atoms with E-state index in [1.165, 1.54) is 12.1 Å². The molecule has 1 saturated heterocycles. The predicted octanol–water partition coefficient (Wildman–Crippen LogP) is 6.65. The van der Waals surface area contributed by atoms with E-state index in [0.29, 0.717) is 43.2 Å². The summed E-state index contributed by atoms with van der Waals surface area (Å²) in [5.74, 6) is -0.815. The summed E-state index contributed by atoms with van der Waals surface area (Å²) in [6, 6.07) is 13.6. The number of nitrogens with zero attached hydrogens (tertiary/aromatic N) is 1. The van der Waals surface area contributed by atoms with Gasteiger partial charge in [0.1, 0.15) is 11.6 Å². The van der Waals surface area contributed by atoms with Crippen LogP contribution in [0.1, 0.15) is 73.4 Å². The van der Waals surface area contributed by atoms with E-state index < -0.39 is 23.8 Å². The van der Waals surface area contributed by atoms with E-state index in [4.69, 9.17) is 14.2 Å². The Hall–Kier alpha value is -4.11. The number of ether oxygens (including phenoxy) is 3. The molecule has 0 saturated carbocycles. The van der Waals surface area contributed by atoms with Crippen molar-refractivity contribution >= 4 is 17.6 Å². The quantitative estimate of drug-likeness (QED) is 0.224. The number of carbonyl (C=O) groups is 2. The third kappa shape index (κ3) is 6.38. The third-order valence-corrected chi connectivity index (χ3v) is 8.74. The molecule has 0 bridgehead atoms. The van der Waals surface area contributed by atoms with Gasteiger partial charge < -0.3 is 24.6 Å². The lowest BCUT2D eigenvalue weighted by atomic mass is 9.81. The number of fused-ring (bicyclic) bond motifs is 1. The average molecular weight is 605 g/mol. The molecular weight excluding hydrogens is 563 g/mol. The van der Waals surface area contributed by atoms with Crippen LogP contribution in [0, 0.1) is 18.7 Å². The van der Waals surface area contributed by atoms with Gasteiger partial charge in [-0.15, -0.1) is 0 Å². The molecule has 9 heteroatoms. The zero-order valence-electron chi connectivity index (χ0n) is 25.8. The summed E-state index contributed by atoms with van der Waals surface area (Å²) in [4.78, 5) is 28.6. The van der Waals surface area contributed by atoms with E-state index >= 15 is 0 Å². The fourth-order valence-electron chi connectivity index (χ4n) is 6.54. The van der Waals surface area contributed by atoms with Crippen LogP contribution >= 0.6 is 0 Å². The number of hydrogen-bond acceptors (Lipinski definition) is 6. The Bertz CT molecular complexity index is 1480. The number of aliphatic carboxylic acids is 1. The summed E-state index contributed by atoms with van der Waals surface area (Å²) in [5.41, 5.74) is 4.57. The number of nitrogens with one attached hydrogen (secondary N) is 1. The molecule has 44 heavy (non-hydrogen) atoms. The van der Waals surface area contributed by atoms with Gasteiger partial charge in [0.15, 0.2) is 11.5 Å². The lowest BCUT2D eigenvalue weighted by molar-refractivity contribution is -0.143. The molecule has 2 aliphatic heterocycles. The van der Waals surface area contributed by atoms with Crippen LogP contribution in [0.2, 0.25) is 0 Å². The first-order chi connectivity index (χ1) is 21.2. The number of anilines is 1. The van der Waals surface area contributed by atoms with Gasteiger partial charge in [0, 0.05) is 24.2 Å². The van der Waals surface area contributed by atoms with Crippen molar-refractivity contribution in [2.45, 2.75) is 65.3 Å². The zero-order chi connectivity index (χ0) is 31.4. The molecule has 0 spiro atoms. The molecule has 1 unspecified atom stereocenters. The fourth-order valence-corrected chi connectivity index (χ4v) is 6.54. The maximum atomic E-state index is 14.2. The van der Waals surface area contributed by atoms with E-state index in [1.807, 2.05) is 62.1 Å². The summed E-state index contributed by atoms with van der Waals surface area (Å²) in [6.45, 7) is 8.90. The highest BCUT2D eigenvalue weighted by Crippen LogP contribution is 2.49. The van der Waals surface area contributed by atoms with Gasteiger partial charge in [-0.1, -0.05) is 45.4 Å². The number of carboxylic acids is 1. The number of hydrogen-bond donors (Lipinski definition) is 2. The SMILES string of the molecule is CCCCOc1ccc([C@H]2C(C(=O)O)[C@@H](c3ccc4c(c3C)OCO4)CN2CC(=O)Nc2c(CC)cc(F)cc2CC)cc1. The largest absolute Gasteiger partial charge is 0.494 e. The molecule has 0 aromatic heterocycles. The first kappa shape index (κ1) is 31.3. The van der Waals surface area contributed by atoms with Gasteiger partial charge in [0.25, 0.3) is 0 Å². The van der Waals surface area contributed by atoms with E-state index in [1.54, 1.807) is 0 Å². The number of carbonyl (C=O) groups excluding carboxylic acids is 1. The van der Waals surface area contributed by atoms with E-state index in [2.05, 4.69) is 12.2 Å². The number of carboxylic acid groups (broad SMARTS) is 1. The third-order valence-electron chi connectivity index (χ3n) is 8.74. The minimum Gasteiger partial charge on any atom is -0.494 e. The molecule has 3 aromatic rings. The number of rotatable bonds is 12. The van der Waals surface area contributed by atoms with Crippen LogP contribution in [-0.2, 0) is 22.4 Å². The van der Waals surface area contributed by atoms with E-state index in [0.717, 1.165) is 46.4 Å². The van der Waals surface area contributed by atoms with Gasteiger partial charge in [-0.2, -0.15) is 0 Å². The molecule has 2 aliphatic rings. The lowest BCUT2D eigenvalue weighted by Gasteiger charge is -2.27. The Balaban J connectivity index is 1.49. The van der Waals surface area contributed by atoms with Crippen molar-refractivity contribution in [1.82, 2.24) is 4.90 Å². The number of likely N-dealkylation sites (tertiary alicyclic amines) is 1. The topological polar surface area (TPSA) is 97.3 Å². The number of benzene rings is 3. The zero-order valence-corrected chi connectivity index (χ0v) is 25.8. The maximum Gasteiger partial charge on any atom is 0.309 e. The second kappa shape index (κ2) is 13.7. The second-order valence-electron chi connectivity index (χ2n) is 11.5.